The maximum absolute atomic E-state index is 10.5. The summed E-state index contributed by atoms with van der Waals surface area (Å²) in [7, 11) is 0. The first-order valence-electron chi connectivity index (χ1n) is 3.41. The van der Waals surface area contributed by atoms with Crippen LogP contribution in [0.25, 0.3) is 0 Å². The highest BCUT2D eigenvalue weighted by molar-refractivity contribution is 14.1. The van der Waals surface area contributed by atoms with Gasteiger partial charge in [-0.25, -0.2) is 0 Å². The predicted octanol–water partition coefficient (Wildman–Crippen LogP) is 0.546. The molecule has 1 unspecified atom stereocenters. The van der Waals surface area contributed by atoms with Gasteiger partial charge in [0, 0.05) is 29.1 Å². The van der Waals surface area contributed by atoms with Crippen LogP contribution < -0.4 is 5.32 Å². The van der Waals surface area contributed by atoms with Crippen molar-refractivity contribution in [2.75, 3.05) is 26.4 Å². The van der Waals surface area contributed by atoms with Crippen LogP contribution in [-0.4, -0.2) is 36.4 Å². The van der Waals surface area contributed by atoms with E-state index in [1.54, 1.807) is 22.6 Å². The predicted molar refractivity (Wildman–Crippen MR) is 48.0 cm³/mol. The Labute approximate surface area is 78.8 Å². The van der Waals surface area contributed by atoms with Gasteiger partial charge in [-0.3, -0.25) is 4.79 Å². The average Bonchev–Trinajstić information content (AvgIpc) is 2.03. The molecule has 1 saturated heterocycles. The van der Waals surface area contributed by atoms with E-state index in [2.05, 4.69) is 5.32 Å². The van der Waals surface area contributed by atoms with Gasteiger partial charge >= 0.3 is 0 Å². The Morgan fingerprint density at radius 1 is 1.64 bits per heavy atom. The molecular weight excluding hydrogens is 261 g/mol. The van der Waals surface area contributed by atoms with Crippen LogP contribution in [0.4, 0.5) is 4.79 Å². The van der Waals surface area contributed by atoms with E-state index in [-0.39, 0.29) is 10.0 Å². The minimum atomic E-state index is -0.0585. The fourth-order valence-electron chi connectivity index (χ4n) is 0.849. The van der Waals surface area contributed by atoms with E-state index in [1.807, 2.05) is 0 Å². The summed E-state index contributed by atoms with van der Waals surface area (Å²) in [6.07, 6.45) is 0.0301. The third-order valence-electron chi connectivity index (χ3n) is 1.35. The Balaban J connectivity index is 2.09. The topological polar surface area (TPSA) is 47.6 Å². The lowest BCUT2D eigenvalue weighted by Crippen LogP contribution is -2.38. The molecule has 4 nitrogen and oxygen atoms in total. The van der Waals surface area contributed by atoms with Gasteiger partial charge in [-0.15, -0.1) is 0 Å². The van der Waals surface area contributed by atoms with Crippen molar-refractivity contribution < 1.29 is 14.3 Å². The number of nitrogens with one attached hydrogen (secondary N) is 1. The lowest BCUT2D eigenvalue weighted by atomic mass is 10.3. The molecule has 1 fully saturated rings. The van der Waals surface area contributed by atoms with Gasteiger partial charge in [0.25, 0.3) is 3.91 Å². The van der Waals surface area contributed by atoms with E-state index < -0.39 is 0 Å². The SMILES string of the molecule is O=C(I)NCC1COCCO1. The highest BCUT2D eigenvalue weighted by Gasteiger charge is 2.13. The van der Waals surface area contributed by atoms with E-state index in [4.69, 9.17) is 9.47 Å². The first-order valence-corrected chi connectivity index (χ1v) is 4.49. The Morgan fingerprint density at radius 2 is 2.45 bits per heavy atom. The van der Waals surface area contributed by atoms with Gasteiger partial charge in [0.15, 0.2) is 0 Å². The van der Waals surface area contributed by atoms with Crippen LogP contribution in [0.1, 0.15) is 0 Å². The van der Waals surface area contributed by atoms with Crippen LogP contribution in [0.2, 0.25) is 0 Å². The molecule has 0 aromatic carbocycles. The molecule has 1 aliphatic heterocycles. The van der Waals surface area contributed by atoms with Crippen molar-refractivity contribution in [1.29, 1.82) is 0 Å². The molecule has 1 aliphatic rings. The molecule has 0 aromatic rings. The second-order valence-corrected chi connectivity index (χ2v) is 3.20. The standard InChI is InChI=1S/C6H10INO3/c7-6(9)8-3-5-4-10-1-2-11-5/h5H,1-4H2,(H,8,9). The highest BCUT2D eigenvalue weighted by Crippen LogP contribution is 1.99. The quantitative estimate of drug-likeness (QED) is 0.453. The van der Waals surface area contributed by atoms with Crippen LogP contribution in [0, 0.1) is 0 Å². The normalized spacial score (nSPS) is 24.6. The molecule has 11 heavy (non-hydrogen) atoms. The molecule has 0 aromatic heterocycles. The molecule has 1 rings (SSSR count). The van der Waals surface area contributed by atoms with Crippen molar-refractivity contribution >= 4 is 26.5 Å². The lowest BCUT2D eigenvalue weighted by molar-refractivity contribution is -0.0851. The summed E-state index contributed by atoms with van der Waals surface area (Å²) in [6, 6.07) is 0. The maximum atomic E-state index is 10.5. The van der Waals surface area contributed by atoms with E-state index in [0.29, 0.717) is 26.4 Å². The van der Waals surface area contributed by atoms with Gasteiger partial charge in [-0.05, 0) is 0 Å². The molecular formula is C6H10INO3. The Morgan fingerprint density at radius 3 is 3.00 bits per heavy atom. The molecule has 0 aliphatic carbocycles. The molecule has 0 saturated carbocycles. The van der Waals surface area contributed by atoms with Crippen molar-refractivity contribution in [2.45, 2.75) is 6.10 Å². The van der Waals surface area contributed by atoms with E-state index in [9.17, 15) is 4.79 Å². The van der Waals surface area contributed by atoms with Crippen LogP contribution >= 0.6 is 22.6 Å². The second kappa shape index (κ2) is 4.89. The summed E-state index contributed by atoms with van der Waals surface area (Å²) in [5.74, 6) is 0. The van der Waals surface area contributed by atoms with Crippen molar-refractivity contribution in [3.8, 4) is 0 Å². The Bertz CT molecular complexity index is 136. The summed E-state index contributed by atoms with van der Waals surface area (Å²) in [6.45, 7) is 2.41. The van der Waals surface area contributed by atoms with Crippen LogP contribution in [0.5, 0.6) is 0 Å². The fraction of sp³-hybridized carbons (Fsp3) is 0.833. The number of hydrogen-bond acceptors (Lipinski definition) is 3. The summed E-state index contributed by atoms with van der Waals surface area (Å²) < 4.78 is 10.4. The summed E-state index contributed by atoms with van der Waals surface area (Å²) in [5.41, 5.74) is 0. The van der Waals surface area contributed by atoms with Crippen LogP contribution in [0.3, 0.4) is 0 Å². The monoisotopic (exact) mass is 271 g/mol. The van der Waals surface area contributed by atoms with Crippen molar-refractivity contribution in [1.82, 2.24) is 5.32 Å². The molecule has 64 valence electrons. The van der Waals surface area contributed by atoms with Gasteiger partial charge in [0.1, 0.15) is 0 Å². The second-order valence-electron chi connectivity index (χ2n) is 2.22. The van der Waals surface area contributed by atoms with E-state index in [1.165, 1.54) is 0 Å². The van der Waals surface area contributed by atoms with E-state index in [0.717, 1.165) is 0 Å². The fourth-order valence-corrected chi connectivity index (χ4v) is 1.07. The largest absolute Gasteiger partial charge is 0.376 e. The molecule has 1 amide bonds. The molecule has 1 heterocycles. The Kier molecular flexibility index (Phi) is 4.09. The van der Waals surface area contributed by atoms with Gasteiger partial charge < -0.3 is 14.8 Å². The molecule has 1 N–H and O–H groups in total. The minimum absolute atomic E-state index is 0.0301. The van der Waals surface area contributed by atoms with Crippen molar-refractivity contribution in [3.05, 3.63) is 0 Å². The minimum Gasteiger partial charge on any atom is -0.376 e. The highest BCUT2D eigenvalue weighted by atomic mass is 127. The van der Waals surface area contributed by atoms with Crippen molar-refractivity contribution in [2.24, 2.45) is 0 Å². The average molecular weight is 271 g/mol. The zero-order chi connectivity index (χ0) is 8.10. The summed E-state index contributed by atoms with van der Waals surface area (Å²) in [5, 5.41) is 2.66. The van der Waals surface area contributed by atoms with Gasteiger partial charge in [-0.2, -0.15) is 0 Å². The number of carbonyl (C=O) groups excluding carboxylic acids is 1. The van der Waals surface area contributed by atoms with Gasteiger partial charge in [-0.1, -0.05) is 0 Å². The van der Waals surface area contributed by atoms with Gasteiger partial charge in [0.2, 0.25) is 0 Å². The van der Waals surface area contributed by atoms with Crippen molar-refractivity contribution in [3.63, 3.8) is 0 Å². The summed E-state index contributed by atoms with van der Waals surface area (Å²) in [4.78, 5) is 10.5. The number of hydrogen-bond donors (Lipinski definition) is 1. The zero-order valence-corrected chi connectivity index (χ0v) is 8.17. The van der Waals surface area contributed by atoms with Gasteiger partial charge in [0.05, 0.1) is 25.9 Å². The number of carbonyl (C=O) groups is 1. The third-order valence-corrected chi connectivity index (χ3v) is 1.74. The zero-order valence-electron chi connectivity index (χ0n) is 6.01. The summed E-state index contributed by atoms with van der Waals surface area (Å²) >= 11 is 1.69. The molecule has 0 spiro atoms. The number of halogens is 1. The first-order chi connectivity index (χ1) is 5.29. The third kappa shape index (κ3) is 3.88. The lowest BCUT2D eigenvalue weighted by Gasteiger charge is -2.22. The first kappa shape index (κ1) is 9.21. The van der Waals surface area contributed by atoms with E-state index >= 15 is 0 Å². The Hall–Kier alpha value is 0.120. The number of amides is 1. The van der Waals surface area contributed by atoms with Crippen LogP contribution in [-0.2, 0) is 9.47 Å². The number of ether oxygens (including phenoxy) is 2. The maximum Gasteiger partial charge on any atom is 0.280 e. The molecule has 1 atom stereocenters. The molecule has 5 heteroatoms. The van der Waals surface area contributed by atoms with Crippen LogP contribution in [0.15, 0.2) is 0 Å². The molecule has 0 bridgehead atoms. The smallest absolute Gasteiger partial charge is 0.280 e. The molecule has 0 radical (unpaired) electrons. The number of rotatable bonds is 2.